The first-order valence-electron chi connectivity index (χ1n) is 5.94. The normalized spacial score (nSPS) is 26.5. The maximum atomic E-state index is 5.22. The predicted octanol–water partition coefficient (Wildman–Crippen LogP) is 3.61. The Bertz CT molecular complexity index is 273. The Labute approximate surface area is 92.5 Å². The summed E-state index contributed by atoms with van der Waals surface area (Å²) in [5.74, 6) is 1.59. The Morgan fingerprint density at radius 3 is 2.33 bits per heavy atom. The Morgan fingerprint density at radius 2 is 1.73 bits per heavy atom. The van der Waals surface area contributed by atoms with Crippen LogP contribution in [0.3, 0.4) is 0 Å². The highest BCUT2D eigenvalue weighted by atomic mass is 16.5. The Balaban J connectivity index is 1.88. The lowest BCUT2D eigenvalue weighted by Crippen LogP contribution is -2.17. The van der Waals surface area contributed by atoms with Crippen LogP contribution in [-0.4, -0.2) is 13.7 Å². The summed E-state index contributed by atoms with van der Waals surface area (Å²) >= 11 is 0. The molecule has 0 radical (unpaired) electrons. The van der Waals surface area contributed by atoms with E-state index in [9.17, 15) is 0 Å². The highest BCUT2D eigenvalue weighted by Crippen LogP contribution is 2.35. The van der Waals surface area contributed by atoms with Crippen molar-refractivity contribution in [2.45, 2.75) is 31.6 Å². The summed E-state index contributed by atoms with van der Waals surface area (Å²) in [5.41, 5.74) is 1.52. The minimum Gasteiger partial charge on any atom is -0.384 e. The minimum absolute atomic E-state index is 0.791. The summed E-state index contributed by atoms with van der Waals surface area (Å²) in [5, 5.41) is 0. The minimum atomic E-state index is 0.791. The van der Waals surface area contributed by atoms with Crippen LogP contribution in [0.15, 0.2) is 30.3 Å². The largest absolute Gasteiger partial charge is 0.384 e. The molecule has 1 heteroatoms. The van der Waals surface area contributed by atoms with Crippen molar-refractivity contribution >= 4 is 0 Å². The van der Waals surface area contributed by atoms with Crippen molar-refractivity contribution in [2.24, 2.45) is 5.92 Å². The third kappa shape index (κ3) is 2.82. The molecule has 0 bridgehead atoms. The van der Waals surface area contributed by atoms with Gasteiger partial charge in [-0.25, -0.2) is 0 Å². The van der Waals surface area contributed by atoms with Crippen molar-refractivity contribution in [3.05, 3.63) is 35.9 Å². The molecule has 15 heavy (non-hydrogen) atoms. The van der Waals surface area contributed by atoms with E-state index in [1.165, 1.54) is 31.2 Å². The summed E-state index contributed by atoms with van der Waals surface area (Å²) in [6, 6.07) is 10.9. The van der Waals surface area contributed by atoms with Crippen LogP contribution in [0.25, 0.3) is 0 Å². The van der Waals surface area contributed by atoms with Gasteiger partial charge in [-0.05, 0) is 43.1 Å². The summed E-state index contributed by atoms with van der Waals surface area (Å²) in [6.45, 7) is 0.946. The molecule has 1 aliphatic carbocycles. The van der Waals surface area contributed by atoms with Gasteiger partial charge in [-0.1, -0.05) is 30.3 Å². The van der Waals surface area contributed by atoms with Crippen LogP contribution in [0, 0.1) is 5.92 Å². The average Bonchev–Trinajstić information content (AvgIpc) is 2.32. The molecule has 2 rings (SSSR count). The lowest BCUT2D eigenvalue weighted by atomic mass is 9.79. The standard InChI is InChI=1S/C14H20O/c1-15-11-12-7-9-14(10-8-12)13-5-3-2-4-6-13/h2-6,12,14H,7-11H2,1H3/t12-,14-. The fourth-order valence-electron chi connectivity index (χ4n) is 2.62. The van der Waals surface area contributed by atoms with Gasteiger partial charge in [-0.3, -0.25) is 0 Å². The van der Waals surface area contributed by atoms with Crippen molar-refractivity contribution in [1.29, 1.82) is 0 Å². The van der Waals surface area contributed by atoms with E-state index in [2.05, 4.69) is 30.3 Å². The van der Waals surface area contributed by atoms with Gasteiger partial charge in [0.15, 0.2) is 0 Å². The van der Waals surface area contributed by atoms with Crippen LogP contribution in [0.2, 0.25) is 0 Å². The third-order valence-corrected chi connectivity index (χ3v) is 3.52. The number of hydrogen-bond acceptors (Lipinski definition) is 1. The first-order chi connectivity index (χ1) is 7.40. The van der Waals surface area contributed by atoms with Gasteiger partial charge >= 0.3 is 0 Å². The molecule has 0 aromatic heterocycles. The summed E-state index contributed by atoms with van der Waals surface area (Å²) in [6.07, 6.45) is 5.32. The van der Waals surface area contributed by atoms with Gasteiger partial charge < -0.3 is 4.74 Å². The van der Waals surface area contributed by atoms with E-state index in [-0.39, 0.29) is 0 Å². The third-order valence-electron chi connectivity index (χ3n) is 3.52. The molecule has 1 nitrogen and oxygen atoms in total. The summed E-state index contributed by atoms with van der Waals surface area (Å²) in [7, 11) is 1.81. The van der Waals surface area contributed by atoms with E-state index in [0.717, 1.165) is 18.4 Å². The molecule has 0 atom stereocenters. The molecule has 0 N–H and O–H groups in total. The van der Waals surface area contributed by atoms with Crippen LogP contribution in [0.4, 0.5) is 0 Å². The highest BCUT2D eigenvalue weighted by molar-refractivity contribution is 5.19. The molecule has 0 amide bonds. The van der Waals surface area contributed by atoms with Crippen molar-refractivity contribution in [3.63, 3.8) is 0 Å². The van der Waals surface area contributed by atoms with Gasteiger partial charge in [-0.2, -0.15) is 0 Å². The average molecular weight is 204 g/mol. The van der Waals surface area contributed by atoms with Crippen LogP contribution in [-0.2, 0) is 4.74 Å². The van der Waals surface area contributed by atoms with Crippen LogP contribution < -0.4 is 0 Å². The molecule has 1 aromatic rings. The Kier molecular flexibility index (Phi) is 3.79. The fourth-order valence-corrected chi connectivity index (χ4v) is 2.62. The van der Waals surface area contributed by atoms with Gasteiger partial charge in [0.05, 0.1) is 0 Å². The molecular formula is C14H20O. The molecular weight excluding hydrogens is 184 g/mol. The Hall–Kier alpha value is -0.820. The molecule has 1 fully saturated rings. The lowest BCUT2D eigenvalue weighted by Gasteiger charge is -2.28. The van der Waals surface area contributed by atoms with Crippen molar-refractivity contribution in [3.8, 4) is 0 Å². The maximum Gasteiger partial charge on any atom is 0.0490 e. The van der Waals surface area contributed by atoms with Gasteiger partial charge in [-0.15, -0.1) is 0 Å². The van der Waals surface area contributed by atoms with Crippen LogP contribution in [0.5, 0.6) is 0 Å². The van der Waals surface area contributed by atoms with Gasteiger partial charge in [0.1, 0.15) is 0 Å². The van der Waals surface area contributed by atoms with E-state index in [1.807, 2.05) is 7.11 Å². The van der Waals surface area contributed by atoms with Crippen LogP contribution in [0.1, 0.15) is 37.2 Å². The van der Waals surface area contributed by atoms with Crippen molar-refractivity contribution in [2.75, 3.05) is 13.7 Å². The summed E-state index contributed by atoms with van der Waals surface area (Å²) < 4.78 is 5.22. The van der Waals surface area contributed by atoms with Gasteiger partial charge in [0, 0.05) is 13.7 Å². The quantitative estimate of drug-likeness (QED) is 0.731. The molecule has 82 valence electrons. The highest BCUT2D eigenvalue weighted by Gasteiger charge is 2.21. The number of hydrogen-bond donors (Lipinski definition) is 0. The van der Waals surface area contributed by atoms with Gasteiger partial charge in [0.25, 0.3) is 0 Å². The van der Waals surface area contributed by atoms with Crippen molar-refractivity contribution in [1.82, 2.24) is 0 Å². The number of rotatable bonds is 3. The van der Waals surface area contributed by atoms with E-state index in [0.29, 0.717) is 0 Å². The molecule has 0 aliphatic heterocycles. The smallest absolute Gasteiger partial charge is 0.0490 e. The molecule has 1 aromatic carbocycles. The SMILES string of the molecule is COC[C@H]1CC[C@H](c2ccccc2)CC1. The first-order valence-corrected chi connectivity index (χ1v) is 5.94. The van der Waals surface area contributed by atoms with Crippen molar-refractivity contribution < 1.29 is 4.74 Å². The zero-order valence-corrected chi connectivity index (χ0v) is 9.49. The molecule has 0 spiro atoms. The first kappa shape index (κ1) is 10.7. The number of benzene rings is 1. The van der Waals surface area contributed by atoms with Gasteiger partial charge in [0.2, 0.25) is 0 Å². The summed E-state index contributed by atoms with van der Waals surface area (Å²) in [4.78, 5) is 0. The molecule has 1 saturated carbocycles. The van der Waals surface area contributed by atoms with Crippen LogP contribution >= 0.6 is 0 Å². The number of ether oxygens (including phenoxy) is 1. The van der Waals surface area contributed by atoms with E-state index in [4.69, 9.17) is 4.74 Å². The zero-order chi connectivity index (χ0) is 10.5. The molecule has 0 unspecified atom stereocenters. The van der Waals surface area contributed by atoms with E-state index in [1.54, 1.807) is 0 Å². The second-order valence-electron chi connectivity index (χ2n) is 4.58. The molecule has 0 heterocycles. The lowest BCUT2D eigenvalue weighted by molar-refractivity contribution is 0.127. The Morgan fingerprint density at radius 1 is 1.07 bits per heavy atom. The second kappa shape index (κ2) is 5.32. The number of methoxy groups -OCH3 is 1. The predicted molar refractivity (Wildman–Crippen MR) is 63.0 cm³/mol. The molecule has 0 saturated heterocycles. The fraction of sp³-hybridized carbons (Fsp3) is 0.571. The maximum absolute atomic E-state index is 5.22. The topological polar surface area (TPSA) is 9.23 Å². The van der Waals surface area contributed by atoms with E-state index >= 15 is 0 Å². The molecule has 1 aliphatic rings. The second-order valence-corrected chi connectivity index (χ2v) is 4.58. The monoisotopic (exact) mass is 204 g/mol. The zero-order valence-electron chi connectivity index (χ0n) is 9.49. The van der Waals surface area contributed by atoms with E-state index < -0.39 is 0 Å².